The number of carbonyl (C=O) groups is 3. The summed E-state index contributed by atoms with van der Waals surface area (Å²) in [5, 5.41) is 2.84. The molecule has 1 heterocycles. The van der Waals surface area contributed by atoms with Crippen LogP contribution in [-0.4, -0.2) is 59.7 Å². The normalized spacial score (nSPS) is 15.8. The van der Waals surface area contributed by atoms with Crippen molar-refractivity contribution in [2.75, 3.05) is 26.2 Å². The van der Waals surface area contributed by atoms with Crippen molar-refractivity contribution in [3.05, 3.63) is 0 Å². The topological polar surface area (TPSA) is 69.7 Å². The van der Waals surface area contributed by atoms with Crippen molar-refractivity contribution >= 4 is 17.7 Å². The van der Waals surface area contributed by atoms with Crippen LogP contribution in [0.3, 0.4) is 0 Å². The number of carbonyl (C=O) groups excluding carboxylic acids is 3. The van der Waals surface area contributed by atoms with Gasteiger partial charge in [-0.25, -0.2) is 0 Å². The average Bonchev–Trinajstić information content (AvgIpc) is 2.42. The predicted molar refractivity (Wildman–Crippen MR) is 80.4 cm³/mol. The van der Waals surface area contributed by atoms with Gasteiger partial charge in [-0.3, -0.25) is 14.4 Å². The summed E-state index contributed by atoms with van der Waals surface area (Å²) in [5.41, 5.74) is 0. The van der Waals surface area contributed by atoms with Gasteiger partial charge in [-0.2, -0.15) is 0 Å². The van der Waals surface area contributed by atoms with E-state index in [1.165, 1.54) is 11.8 Å². The molecule has 21 heavy (non-hydrogen) atoms. The van der Waals surface area contributed by atoms with Gasteiger partial charge in [0.1, 0.15) is 0 Å². The van der Waals surface area contributed by atoms with Crippen LogP contribution in [0.15, 0.2) is 0 Å². The molecule has 1 aliphatic rings. The maximum absolute atomic E-state index is 12.2. The molecule has 0 spiro atoms. The van der Waals surface area contributed by atoms with Crippen molar-refractivity contribution in [3.8, 4) is 0 Å². The van der Waals surface area contributed by atoms with Gasteiger partial charge in [-0.15, -0.1) is 0 Å². The van der Waals surface area contributed by atoms with E-state index in [-0.39, 0.29) is 23.8 Å². The molecule has 0 aromatic heterocycles. The lowest BCUT2D eigenvalue weighted by Gasteiger charge is -2.34. The van der Waals surface area contributed by atoms with E-state index < -0.39 is 11.8 Å². The lowest BCUT2D eigenvalue weighted by molar-refractivity contribution is -0.148. The van der Waals surface area contributed by atoms with E-state index in [4.69, 9.17) is 0 Å². The van der Waals surface area contributed by atoms with Gasteiger partial charge in [0, 0.05) is 39.1 Å². The second-order valence-electron chi connectivity index (χ2n) is 6.29. The van der Waals surface area contributed by atoms with E-state index >= 15 is 0 Å². The van der Waals surface area contributed by atoms with Crippen LogP contribution in [-0.2, 0) is 14.4 Å². The van der Waals surface area contributed by atoms with Gasteiger partial charge in [0.25, 0.3) is 0 Å². The molecule has 120 valence electrons. The highest BCUT2D eigenvalue weighted by molar-refractivity contribution is 6.35. The molecular formula is C15H27N3O3. The van der Waals surface area contributed by atoms with Crippen LogP contribution in [0.25, 0.3) is 0 Å². The minimum atomic E-state index is -0.543. The molecule has 0 saturated carbocycles. The molecule has 1 rings (SSSR count). The standard InChI is InChI=1S/C15H27N3O3/c1-10(2)13(11(3)4)16-14(20)15(21)18-8-6-17(7-9-18)12(5)19/h10-11,13H,6-9H2,1-5H3,(H,16,20). The smallest absolute Gasteiger partial charge is 0.312 e. The Morgan fingerprint density at radius 3 is 1.67 bits per heavy atom. The lowest BCUT2D eigenvalue weighted by Crippen LogP contribution is -2.55. The fraction of sp³-hybridized carbons (Fsp3) is 0.800. The Morgan fingerprint density at radius 2 is 1.29 bits per heavy atom. The van der Waals surface area contributed by atoms with Crippen molar-refractivity contribution < 1.29 is 14.4 Å². The van der Waals surface area contributed by atoms with Crippen LogP contribution in [0.1, 0.15) is 34.6 Å². The molecule has 1 aliphatic heterocycles. The number of amides is 3. The minimum absolute atomic E-state index is 0.00577. The number of nitrogens with zero attached hydrogens (tertiary/aromatic N) is 2. The molecule has 0 aromatic rings. The molecule has 0 radical (unpaired) electrons. The van der Waals surface area contributed by atoms with Gasteiger partial charge in [0.15, 0.2) is 0 Å². The Kier molecular flexibility index (Phi) is 6.18. The number of nitrogens with one attached hydrogen (secondary N) is 1. The van der Waals surface area contributed by atoms with Gasteiger partial charge in [-0.05, 0) is 11.8 Å². The second kappa shape index (κ2) is 7.43. The molecule has 0 bridgehead atoms. The summed E-state index contributed by atoms with van der Waals surface area (Å²) in [6, 6.07) is -0.0139. The first kappa shape index (κ1) is 17.5. The first-order valence-corrected chi connectivity index (χ1v) is 7.59. The molecule has 1 fully saturated rings. The van der Waals surface area contributed by atoms with E-state index in [1.807, 2.05) is 27.7 Å². The van der Waals surface area contributed by atoms with Crippen LogP contribution >= 0.6 is 0 Å². The average molecular weight is 297 g/mol. The van der Waals surface area contributed by atoms with Crippen LogP contribution < -0.4 is 5.32 Å². The quantitative estimate of drug-likeness (QED) is 0.770. The van der Waals surface area contributed by atoms with E-state index in [2.05, 4.69) is 5.32 Å². The summed E-state index contributed by atoms with van der Waals surface area (Å²) < 4.78 is 0. The molecule has 0 unspecified atom stereocenters. The van der Waals surface area contributed by atoms with Crippen LogP contribution in [0.4, 0.5) is 0 Å². The number of hydrogen-bond donors (Lipinski definition) is 1. The van der Waals surface area contributed by atoms with E-state index in [0.717, 1.165) is 0 Å². The Morgan fingerprint density at radius 1 is 0.857 bits per heavy atom. The van der Waals surface area contributed by atoms with Gasteiger partial charge in [0.2, 0.25) is 5.91 Å². The minimum Gasteiger partial charge on any atom is -0.345 e. The third-order valence-electron chi connectivity index (χ3n) is 3.94. The maximum Gasteiger partial charge on any atom is 0.312 e. The zero-order chi connectivity index (χ0) is 16.2. The fourth-order valence-electron chi connectivity index (χ4n) is 2.68. The van der Waals surface area contributed by atoms with Crippen molar-refractivity contribution in [1.29, 1.82) is 0 Å². The highest BCUT2D eigenvalue weighted by Crippen LogP contribution is 2.12. The van der Waals surface area contributed by atoms with Crippen LogP contribution in [0.2, 0.25) is 0 Å². The van der Waals surface area contributed by atoms with Gasteiger partial charge in [0.05, 0.1) is 0 Å². The highest BCUT2D eigenvalue weighted by atomic mass is 16.2. The van der Waals surface area contributed by atoms with Gasteiger partial charge >= 0.3 is 11.8 Å². The summed E-state index contributed by atoms with van der Waals surface area (Å²) in [4.78, 5) is 38.7. The summed E-state index contributed by atoms with van der Waals surface area (Å²) >= 11 is 0. The van der Waals surface area contributed by atoms with Crippen LogP contribution in [0.5, 0.6) is 0 Å². The molecule has 0 aromatic carbocycles. The summed E-state index contributed by atoms with van der Waals surface area (Å²) in [6.07, 6.45) is 0. The Hall–Kier alpha value is -1.59. The molecule has 1 saturated heterocycles. The van der Waals surface area contributed by atoms with Crippen molar-refractivity contribution in [3.63, 3.8) is 0 Å². The van der Waals surface area contributed by atoms with E-state index in [9.17, 15) is 14.4 Å². The first-order valence-electron chi connectivity index (χ1n) is 7.59. The Balaban J connectivity index is 2.55. The SMILES string of the molecule is CC(=O)N1CCN(C(=O)C(=O)NC(C(C)C)C(C)C)CC1. The maximum atomic E-state index is 12.2. The molecular weight excluding hydrogens is 270 g/mol. The van der Waals surface area contributed by atoms with Crippen molar-refractivity contribution in [2.45, 2.75) is 40.7 Å². The number of rotatable bonds is 3. The molecule has 6 nitrogen and oxygen atoms in total. The van der Waals surface area contributed by atoms with Crippen molar-refractivity contribution in [1.82, 2.24) is 15.1 Å². The third kappa shape index (κ3) is 4.72. The number of hydrogen-bond acceptors (Lipinski definition) is 3. The largest absolute Gasteiger partial charge is 0.345 e. The van der Waals surface area contributed by atoms with E-state index in [1.54, 1.807) is 4.90 Å². The fourth-order valence-corrected chi connectivity index (χ4v) is 2.68. The lowest BCUT2D eigenvalue weighted by atomic mass is 9.93. The highest BCUT2D eigenvalue weighted by Gasteiger charge is 2.29. The first-order chi connectivity index (χ1) is 9.73. The molecule has 1 N–H and O–H groups in total. The second-order valence-corrected chi connectivity index (χ2v) is 6.29. The molecule has 6 heteroatoms. The molecule has 0 atom stereocenters. The van der Waals surface area contributed by atoms with Crippen LogP contribution in [0, 0.1) is 11.8 Å². The predicted octanol–water partition coefficient (Wildman–Crippen LogP) is 0.474. The van der Waals surface area contributed by atoms with Gasteiger partial charge in [-0.1, -0.05) is 27.7 Å². The third-order valence-corrected chi connectivity index (χ3v) is 3.94. The summed E-state index contributed by atoms with van der Waals surface area (Å²) in [7, 11) is 0. The summed E-state index contributed by atoms with van der Waals surface area (Å²) in [6.45, 7) is 11.4. The van der Waals surface area contributed by atoms with Gasteiger partial charge < -0.3 is 15.1 Å². The van der Waals surface area contributed by atoms with Crippen molar-refractivity contribution in [2.24, 2.45) is 11.8 Å². The zero-order valence-electron chi connectivity index (χ0n) is 13.7. The Bertz CT molecular complexity index is 391. The Labute approximate surface area is 126 Å². The molecule has 3 amide bonds. The summed E-state index contributed by atoms with van der Waals surface area (Å²) in [5.74, 6) is -0.484. The number of piperazine rings is 1. The monoisotopic (exact) mass is 297 g/mol. The molecule has 0 aliphatic carbocycles. The zero-order valence-corrected chi connectivity index (χ0v) is 13.7. The van der Waals surface area contributed by atoms with E-state index in [0.29, 0.717) is 26.2 Å².